The minimum absolute atomic E-state index is 0.825. The van der Waals surface area contributed by atoms with Crippen LogP contribution in [0.4, 0.5) is 0 Å². The molecule has 0 aliphatic carbocycles. The van der Waals surface area contributed by atoms with Gasteiger partial charge in [0.15, 0.2) is 0 Å². The van der Waals surface area contributed by atoms with Crippen LogP contribution in [0.1, 0.15) is 20.8 Å². The molecule has 3 heteroatoms. The maximum absolute atomic E-state index is 5.40. The molecular weight excluding hydrogens is 188 g/mol. The molecule has 3 nitrogen and oxygen atoms in total. The Labute approximate surface area is 94.2 Å². The molecule has 0 bridgehead atoms. The Morgan fingerprint density at radius 1 is 1.33 bits per heavy atom. The van der Waals surface area contributed by atoms with Crippen LogP contribution >= 0.6 is 0 Å². The summed E-state index contributed by atoms with van der Waals surface area (Å²) in [7, 11) is 0. The lowest BCUT2D eigenvalue weighted by atomic mass is 9.97. The summed E-state index contributed by atoms with van der Waals surface area (Å²) < 4.78 is 5.40. The number of ether oxygens (including phenoxy) is 1. The molecule has 15 heavy (non-hydrogen) atoms. The molecule has 1 saturated heterocycles. The van der Waals surface area contributed by atoms with Gasteiger partial charge in [0, 0.05) is 19.7 Å². The summed E-state index contributed by atoms with van der Waals surface area (Å²) in [5.41, 5.74) is 0. The number of rotatable bonds is 7. The summed E-state index contributed by atoms with van der Waals surface area (Å²) in [6.07, 6.45) is 0. The van der Waals surface area contributed by atoms with Gasteiger partial charge in [0.1, 0.15) is 0 Å². The Kier molecular flexibility index (Phi) is 6.22. The molecule has 0 amide bonds. The number of nitrogens with one attached hydrogen (secondary N) is 1. The van der Waals surface area contributed by atoms with Crippen LogP contribution < -0.4 is 5.32 Å². The lowest BCUT2D eigenvalue weighted by Gasteiger charge is -2.25. The zero-order chi connectivity index (χ0) is 11.1. The molecule has 1 N–H and O–H groups in total. The second-order valence-electron chi connectivity index (χ2n) is 4.49. The van der Waals surface area contributed by atoms with Crippen LogP contribution in [0.25, 0.3) is 0 Å². The lowest BCUT2D eigenvalue weighted by Crippen LogP contribution is -2.34. The van der Waals surface area contributed by atoms with Gasteiger partial charge in [-0.05, 0) is 38.4 Å². The van der Waals surface area contributed by atoms with E-state index in [4.69, 9.17) is 4.74 Å². The van der Waals surface area contributed by atoms with Crippen LogP contribution in [-0.4, -0.2) is 50.8 Å². The van der Waals surface area contributed by atoms with E-state index in [1.165, 1.54) is 19.6 Å². The highest BCUT2D eigenvalue weighted by molar-refractivity contribution is 4.80. The molecule has 0 aromatic rings. The Balaban J connectivity index is 2.20. The summed E-state index contributed by atoms with van der Waals surface area (Å²) in [5.74, 6) is 1.65. The fourth-order valence-corrected chi connectivity index (χ4v) is 2.16. The largest absolute Gasteiger partial charge is 0.380 e. The number of likely N-dealkylation sites (N-methyl/N-ethyl adjacent to an activating group) is 1. The van der Waals surface area contributed by atoms with E-state index in [1.54, 1.807) is 0 Å². The summed E-state index contributed by atoms with van der Waals surface area (Å²) in [6.45, 7) is 14.2. The van der Waals surface area contributed by atoms with Crippen LogP contribution in [0.5, 0.6) is 0 Å². The van der Waals surface area contributed by atoms with Crippen molar-refractivity contribution in [1.82, 2.24) is 10.2 Å². The SMILES string of the molecule is CCOCCN(CC)C[C@@H]1CNC[C@H]1C. The second-order valence-corrected chi connectivity index (χ2v) is 4.49. The third kappa shape index (κ3) is 4.49. The summed E-state index contributed by atoms with van der Waals surface area (Å²) in [5, 5.41) is 3.46. The van der Waals surface area contributed by atoms with Crippen LogP contribution in [0, 0.1) is 11.8 Å². The first kappa shape index (κ1) is 12.9. The van der Waals surface area contributed by atoms with Crippen molar-refractivity contribution >= 4 is 0 Å². The molecule has 1 heterocycles. The molecule has 2 atom stereocenters. The van der Waals surface area contributed by atoms with Crippen molar-refractivity contribution in [2.45, 2.75) is 20.8 Å². The average Bonchev–Trinajstić information content (AvgIpc) is 2.63. The molecule has 0 radical (unpaired) electrons. The van der Waals surface area contributed by atoms with Crippen LogP contribution in [0.15, 0.2) is 0 Å². The van der Waals surface area contributed by atoms with Gasteiger partial charge in [0.2, 0.25) is 0 Å². The molecule has 0 saturated carbocycles. The maximum atomic E-state index is 5.40. The number of hydrogen-bond donors (Lipinski definition) is 1. The van der Waals surface area contributed by atoms with E-state index in [-0.39, 0.29) is 0 Å². The fourth-order valence-electron chi connectivity index (χ4n) is 2.16. The van der Waals surface area contributed by atoms with Gasteiger partial charge < -0.3 is 15.0 Å². The molecule has 1 rings (SSSR count). The van der Waals surface area contributed by atoms with Crippen LogP contribution in [0.2, 0.25) is 0 Å². The minimum Gasteiger partial charge on any atom is -0.380 e. The van der Waals surface area contributed by atoms with Crippen molar-refractivity contribution in [2.24, 2.45) is 11.8 Å². The summed E-state index contributed by atoms with van der Waals surface area (Å²) in [6, 6.07) is 0. The summed E-state index contributed by atoms with van der Waals surface area (Å²) in [4.78, 5) is 2.50. The molecule has 1 aliphatic rings. The Morgan fingerprint density at radius 3 is 2.67 bits per heavy atom. The van der Waals surface area contributed by atoms with Gasteiger partial charge in [0.25, 0.3) is 0 Å². The number of nitrogens with zero attached hydrogens (tertiary/aromatic N) is 1. The van der Waals surface area contributed by atoms with Crippen LogP contribution in [-0.2, 0) is 4.74 Å². The van der Waals surface area contributed by atoms with Crippen molar-refractivity contribution in [1.29, 1.82) is 0 Å². The van der Waals surface area contributed by atoms with Gasteiger partial charge in [-0.25, -0.2) is 0 Å². The standard InChI is InChI=1S/C12H26N2O/c1-4-14(6-7-15-5-2)10-12-9-13-8-11(12)3/h11-13H,4-10H2,1-3H3/t11-,12+/m1/s1. The van der Waals surface area contributed by atoms with E-state index >= 15 is 0 Å². The van der Waals surface area contributed by atoms with Gasteiger partial charge in [0.05, 0.1) is 6.61 Å². The predicted molar refractivity (Wildman–Crippen MR) is 64.1 cm³/mol. The van der Waals surface area contributed by atoms with Crippen LogP contribution in [0.3, 0.4) is 0 Å². The normalized spacial score (nSPS) is 26.4. The topological polar surface area (TPSA) is 24.5 Å². The lowest BCUT2D eigenvalue weighted by molar-refractivity contribution is 0.107. The molecule has 0 aromatic heterocycles. The fraction of sp³-hybridized carbons (Fsp3) is 1.00. The van der Waals surface area contributed by atoms with Crippen molar-refractivity contribution in [3.05, 3.63) is 0 Å². The average molecular weight is 214 g/mol. The highest BCUT2D eigenvalue weighted by Crippen LogP contribution is 2.16. The van der Waals surface area contributed by atoms with Gasteiger partial charge in [-0.1, -0.05) is 13.8 Å². The molecular formula is C12H26N2O. The zero-order valence-electron chi connectivity index (χ0n) is 10.5. The van der Waals surface area contributed by atoms with Gasteiger partial charge in [-0.15, -0.1) is 0 Å². The van der Waals surface area contributed by atoms with Gasteiger partial charge >= 0.3 is 0 Å². The van der Waals surface area contributed by atoms with E-state index in [1.807, 2.05) is 0 Å². The first-order valence-electron chi connectivity index (χ1n) is 6.28. The third-order valence-corrected chi connectivity index (χ3v) is 3.37. The zero-order valence-corrected chi connectivity index (χ0v) is 10.5. The minimum atomic E-state index is 0.825. The predicted octanol–water partition coefficient (Wildman–Crippen LogP) is 1.20. The third-order valence-electron chi connectivity index (χ3n) is 3.37. The Hall–Kier alpha value is -0.120. The second kappa shape index (κ2) is 7.20. The maximum Gasteiger partial charge on any atom is 0.0593 e. The van der Waals surface area contributed by atoms with E-state index in [9.17, 15) is 0 Å². The molecule has 1 fully saturated rings. The highest BCUT2D eigenvalue weighted by Gasteiger charge is 2.24. The highest BCUT2D eigenvalue weighted by atomic mass is 16.5. The van der Waals surface area contributed by atoms with Crippen molar-refractivity contribution in [3.8, 4) is 0 Å². The smallest absolute Gasteiger partial charge is 0.0593 e. The quantitative estimate of drug-likeness (QED) is 0.645. The van der Waals surface area contributed by atoms with Gasteiger partial charge in [-0.2, -0.15) is 0 Å². The Bertz CT molecular complexity index is 164. The first-order valence-corrected chi connectivity index (χ1v) is 6.28. The monoisotopic (exact) mass is 214 g/mol. The molecule has 0 spiro atoms. The molecule has 1 aliphatic heterocycles. The first-order chi connectivity index (χ1) is 7.27. The van der Waals surface area contributed by atoms with E-state index < -0.39 is 0 Å². The van der Waals surface area contributed by atoms with E-state index in [2.05, 4.69) is 31.0 Å². The van der Waals surface area contributed by atoms with E-state index in [0.717, 1.165) is 38.1 Å². The molecule has 0 unspecified atom stereocenters. The van der Waals surface area contributed by atoms with Crippen molar-refractivity contribution < 1.29 is 4.74 Å². The summed E-state index contributed by atoms with van der Waals surface area (Å²) >= 11 is 0. The van der Waals surface area contributed by atoms with E-state index in [0.29, 0.717) is 0 Å². The molecule has 90 valence electrons. The van der Waals surface area contributed by atoms with Gasteiger partial charge in [-0.3, -0.25) is 0 Å². The van der Waals surface area contributed by atoms with Crippen molar-refractivity contribution in [2.75, 3.05) is 45.9 Å². The Morgan fingerprint density at radius 2 is 2.13 bits per heavy atom. The number of hydrogen-bond acceptors (Lipinski definition) is 3. The van der Waals surface area contributed by atoms with Crippen molar-refractivity contribution in [3.63, 3.8) is 0 Å². The molecule has 0 aromatic carbocycles.